The molecule has 0 radical (unpaired) electrons. The Morgan fingerprint density at radius 2 is 1.57 bits per heavy atom. The van der Waals surface area contributed by atoms with E-state index >= 15 is 0 Å². The van der Waals surface area contributed by atoms with E-state index in [4.69, 9.17) is 5.11 Å². The van der Waals surface area contributed by atoms with Gasteiger partial charge >= 0.3 is 5.97 Å². The summed E-state index contributed by atoms with van der Waals surface area (Å²) in [5, 5.41) is 23.0. The van der Waals surface area contributed by atoms with Crippen LogP contribution in [-0.2, 0) is 27.7 Å². The molecule has 3 N–H and O–H groups in total. The average Bonchev–Trinajstić information content (AvgIpc) is 2.91. The lowest BCUT2D eigenvalue weighted by Crippen LogP contribution is -2.47. The molecule has 7 nitrogen and oxygen atoms in total. The lowest BCUT2D eigenvalue weighted by atomic mass is 9.93. The zero-order chi connectivity index (χ0) is 29.5. The fraction of sp³-hybridized carbons (Fsp3) is 0.406. The molecule has 0 aliphatic rings. The Morgan fingerprint density at radius 1 is 0.950 bits per heavy atom. The van der Waals surface area contributed by atoms with Gasteiger partial charge in [-0.2, -0.15) is 4.31 Å². The monoisotopic (exact) mass is 566 g/mol. The number of aliphatic hydroxyl groups is 1. The molecular weight excluding hydrogens is 524 g/mol. The van der Waals surface area contributed by atoms with Crippen molar-refractivity contribution in [3.05, 3.63) is 89.5 Å². The van der Waals surface area contributed by atoms with Crippen LogP contribution in [0.15, 0.2) is 77.7 Å². The number of rotatable bonds is 14. The van der Waals surface area contributed by atoms with Crippen molar-refractivity contribution in [1.29, 1.82) is 0 Å². The molecule has 1 atom stereocenters. The quantitative estimate of drug-likeness (QED) is 0.251. The number of aliphatic carboxylic acids is 1. The van der Waals surface area contributed by atoms with Crippen LogP contribution in [-0.4, -0.2) is 60.7 Å². The average molecular weight is 567 g/mol. The summed E-state index contributed by atoms with van der Waals surface area (Å²) < 4.78 is 27.8. The molecule has 0 aliphatic heterocycles. The SMILES string of the molecule is CC(C)c1ccc(CC(C)(C)NC[C@H](O)CN(C)S(=O)(=O)c2cccc(-c3ccc(CCC(=O)O)cc3)c2)cc1. The van der Waals surface area contributed by atoms with Gasteiger partial charge < -0.3 is 15.5 Å². The summed E-state index contributed by atoms with van der Waals surface area (Å²) in [6, 6.07) is 22.7. The number of likely N-dealkylation sites (N-methyl/N-ethyl adjacent to an activating group) is 1. The number of carboxylic acid groups (broad SMARTS) is 1. The summed E-state index contributed by atoms with van der Waals surface area (Å²) in [7, 11) is -2.35. The highest BCUT2D eigenvalue weighted by Gasteiger charge is 2.25. The van der Waals surface area contributed by atoms with E-state index in [9.17, 15) is 18.3 Å². The first-order valence-corrected chi connectivity index (χ1v) is 15.1. The van der Waals surface area contributed by atoms with E-state index in [-0.39, 0.29) is 29.9 Å². The summed E-state index contributed by atoms with van der Waals surface area (Å²) in [6.07, 6.45) is 0.391. The third-order valence-corrected chi connectivity index (χ3v) is 8.85. The molecule has 40 heavy (non-hydrogen) atoms. The van der Waals surface area contributed by atoms with Crippen LogP contribution in [0, 0.1) is 0 Å². The first-order chi connectivity index (χ1) is 18.8. The Hall–Kier alpha value is -3.04. The van der Waals surface area contributed by atoms with Crippen LogP contribution in [0.3, 0.4) is 0 Å². The predicted molar refractivity (Wildman–Crippen MR) is 160 cm³/mol. The topological polar surface area (TPSA) is 107 Å². The van der Waals surface area contributed by atoms with E-state index in [2.05, 4.69) is 57.3 Å². The highest BCUT2D eigenvalue weighted by atomic mass is 32.2. The number of aliphatic hydroxyl groups excluding tert-OH is 1. The van der Waals surface area contributed by atoms with E-state index in [0.29, 0.717) is 12.3 Å². The van der Waals surface area contributed by atoms with Gasteiger partial charge in [0.15, 0.2) is 0 Å². The van der Waals surface area contributed by atoms with Crippen molar-refractivity contribution in [3.8, 4) is 11.1 Å². The van der Waals surface area contributed by atoms with Crippen molar-refractivity contribution in [2.45, 2.75) is 69.4 Å². The number of carbonyl (C=O) groups is 1. The van der Waals surface area contributed by atoms with Gasteiger partial charge in [-0.15, -0.1) is 0 Å². The highest BCUT2D eigenvalue weighted by Crippen LogP contribution is 2.25. The van der Waals surface area contributed by atoms with Gasteiger partial charge in [0.05, 0.1) is 11.0 Å². The number of β-amino-alcohol motifs (C(OH)–C–C–N with tert-alkyl or cyclic N) is 1. The number of nitrogens with zero attached hydrogens (tertiary/aromatic N) is 1. The van der Waals surface area contributed by atoms with E-state index in [1.165, 1.54) is 22.5 Å². The van der Waals surface area contributed by atoms with E-state index in [1.54, 1.807) is 18.2 Å². The molecule has 3 rings (SSSR count). The maximum absolute atomic E-state index is 13.3. The smallest absolute Gasteiger partial charge is 0.303 e. The van der Waals surface area contributed by atoms with Crippen molar-refractivity contribution in [3.63, 3.8) is 0 Å². The Kier molecular flexibility index (Phi) is 10.7. The number of aryl methyl sites for hydroxylation is 1. The molecule has 0 saturated carbocycles. The van der Waals surface area contributed by atoms with Crippen LogP contribution >= 0.6 is 0 Å². The van der Waals surface area contributed by atoms with Gasteiger partial charge in [0.25, 0.3) is 0 Å². The fourth-order valence-electron chi connectivity index (χ4n) is 4.58. The third kappa shape index (κ3) is 8.99. The number of carboxylic acids is 1. The number of benzene rings is 3. The van der Waals surface area contributed by atoms with Gasteiger partial charge in [-0.1, -0.05) is 74.5 Å². The second-order valence-electron chi connectivity index (χ2n) is 11.4. The van der Waals surface area contributed by atoms with Gasteiger partial charge in [0, 0.05) is 32.1 Å². The Balaban J connectivity index is 1.59. The summed E-state index contributed by atoms with van der Waals surface area (Å²) in [5.41, 5.74) is 4.70. The molecule has 3 aromatic rings. The molecule has 0 heterocycles. The first-order valence-electron chi connectivity index (χ1n) is 13.7. The highest BCUT2D eigenvalue weighted by molar-refractivity contribution is 7.89. The second kappa shape index (κ2) is 13.5. The molecule has 0 unspecified atom stereocenters. The van der Waals surface area contributed by atoms with Crippen LogP contribution in [0.5, 0.6) is 0 Å². The first kappa shape index (κ1) is 31.5. The normalized spacial score (nSPS) is 13.1. The van der Waals surface area contributed by atoms with Crippen molar-refractivity contribution in [2.75, 3.05) is 20.1 Å². The minimum Gasteiger partial charge on any atom is -0.481 e. The van der Waals surface area contributed by atoms with Gasteiger partial charge in [-0.25, -0.2) is 8.42 Å². The zero-order valence-electron chi connectivity index (χ0n) is 24.1. The minimum absolute atomic E-state index is 0.0446. The zero-order valence-corrected chi connectivity index (χ0v) is 24.9. The molecule has 8 heteroatoms. The molecule has 0 spiro atoms. The third-order valence-electron chi connectivity index (χ3n) is 7.03. The summed E-state index contributed by atoms with van der Waals surface area (Å²) in [6.45, 7) is 8.69. The van der Waals surface area contributed by atoms with E-state index in [0.717, 1.165) is 23.1 Å². The van der Waals surface area contributed by atoms with E-state index < -0.39 is 22.1 Å². The Bertz CT molecular complexity index is 1370. The van der Waals surface area contributed by atoms with Gasteiger partial charge in [-0.3, -0.25) is 4.79 Å². The van der Waals surface area contributed by atoms with Crippen LogP contribution in [0.1, 0.15) is 56.7 Å². The number of hydrogen-bond acceptors (Lipinski definition) is 5. The lowest BCUT2D eigenvalue weighted by Gasteiger charge is -2.29. The molecule has 0 bridgehead atoms. The van der Waals surface area contributed by atoms with Crippen LogP contribution in [0.25, 0.3) is 11.1 Å². The molecule has 0 amide bonds. The largest absolute Gasteiger partial charge is 0.481 e. The Morgan fingerprint density at radius 3 is 2.17 bits per heavy atom. The van der Waals surface area contributed by atoms with Crippen LogP contribution in [0.2, 0.25) is 0 Å². The van der Waals surface area contributed by atoms with Crippen molar-refractivity contribution in [1.82, 2.24) is 9.62 Å². The number of nitrogens with one attached hydrogen (secondary N) is 1. The lowest BCUT2D eigenvalue weighted by molar-refractivity contribution is -0.136. The Labute approximate surface area is 238 Å². The molecule has 0 aliphatic carbocycles. The van der Waals surface area contributed by atoms with Crippen molar-refractivity contribution < 1.29 is 23.4 Å². The molecular formula is C32H42N2O5S. The molecule has 0 saturated heterocycles. The summed E-state index contributed by atoms with van der Waals surface area (Å²) in [5.74, 6) is -0.363. The summed E-state index contributed by atoms with van der Waals surface area (Å²) >= 11 is 0. The van der Waals surface area contributed by atoms with Crippen molar-refractivity contribution in [2.24, 2.45) is 0 Å². The fourth-order valence-corrected chi connectivity index (χ4v) is 5.83. The summed E-state index contributed by atoms with van der Waals surface area (Å²) in [4.78, 5) is 11.0. The van der Waals surface area contributed by atoms with Gasteiger partial charge in [0.1, 0.15) is 0 Å². The molecule has 0 fully saturated rings. The van der Waals surface area contributed by atoms with Crippen molar-refractivity contribution >= 4 is 16.0 Å². The van der Waals surface area contributed by atoms with Crippen LogP contribution in [0.4, 0.5) is 0 Å². The molecule has 3 aromatic carbocycles. The second-order valence-corrected chi connectivity index (χ2v) is 13.4. The van der Waals surface area contributed by atoms with E-state index in [1.807, 2.05) is 30.3 Å². The maximum Gasteiger partial charge on any atom is 0.303 e. The maximum atomic E-state index is 13.3. The minimum atomic E-state index is -3.82. The van der Waals surface area contributed by atoms with Gasteiger partial charge in [0.2, 0.25) is 10.0 Å². The van der Waals surface area contributed by atoms with Crippen LogP contribution < -0.4 is 5.32 Å². The number of sulfonamides is 1. The predicted octanol–water partition coefficient (Wildman–Crippen LogP) is 5.09. The molecule has 216 valence electrons. The van der Waals surface area contributed by atoms with Gasteiger partial charge in [-0.05, 0) is 72.6 Å². The number of hydrogen-bond donors (Lipinski definition) is 3. The molecule has 0 aromatic heterocycles. The standard InChI is InChI=1S/C32H42N2O5S/c1-23(2)26-14-11-25(12-15-26)20-32(3,4)33-21-29(35)22-34(5)40(38,39)30-8-6-7-28(19-30)27-16-9-24(10-17-27)13-18-31(36)37/h6-12,14-17,19,23,29,33,35H,13,18,20-22H2,1-5H3,(H,36,37)/t29-/m0/s1.